The van der Waals surface area contributed by atoms with Crippen molar-refractivity contribution in [3.8, 4) is 0 Å². The number of hydrogen-bond donors (Lipinski definition) is 1. The second-order valence-corrected chi connectivity index (χ2v) is 4.33. The lowest BCUT2D eigenvalue weighted by Gasteiger charge is -2.20. The Hall–Kier alpha value is -0.920. The minimum Gasteiger partial charge on any atom is -0.480 e. The molecule has 0 spiro atoms. The maximum Gasteiger partial charge on any atom is 0.389 e. The van der Waals surface area contributed by atoms with Gasteiger partial charge in [0.25, 0.3) is 0 Å². The zero-order valence-corrected chi connectivity index (χ0v) is 8.98. The molecule has 1 amide bonds. The predicted octanol–water partition coefficient (Wildman–Crippen LogP) is 1.31. The lowest BCUT2D eigenvalue weighted by Crippen LogP contribution is -2.42. The molecule has 0 aromatic carbocycles. The van der Waals surface area contributed by atoms with Gasteiger partial charge in [0.15, 0.2) is 0 Å². The first kappa shape index (κ1) is 13.1. The zero-order valence-electron chi connectivity index (χ0n) is 8.16. The summed E-state index contributed by atoms with van der Waals surface area (Å²) >= 11 is 1.22. The maximum atomic E-state index is 11.9. The van der Waals surface area contributed by atoms with Crippen LogP contribution in [0.1, 0.15) is 12.8 Å². The van der Waals surface area contributed by atoms with Gasteiger partial charge in [-0.1, -0.05) is 0 Å². The van der Waals surface area contributed by atoms with Crippen LogP contribution in [0, 0.1) is 0 Å². The Labute approximate surface area is 93.8 Å². The number of aliphatic carboxylic acids is 1. The molecule has 0 aromatic rings. The summed E-state index contributed by atoms with van der Waals surface area (Å²) < 4.78 is 35.6. The monoisotopic (exact) mass is 257 g/mol. The molecular weight excluding hydrogens is 247 g/mol. The summed E-state index contributed by atoms with van der Waals surface area (Å²) in [6.07, 6.45) is -6.28. The molecule has 0 aliphatic carbocycles. The van der Waals surface area contributed by atoms with Gasteiger partial charge < -0.3 is 10.0 Å². The fourth-order valence-electron chi connectivity index (χ4n) is 1.29. The molecule has 92 valence electrons. The normalized spacial score (nSPS) is 21.2. The van der Waals surface area contributed by atoms with Crippen molar-refractivity contribution < 1.29 is 27.9 Å². The number of amides is 1. The third kappa shape index (κ3) is 3.58. The van der Waals surface area contributed by atoms with E-state index in [1.807, 2.05) is 0 Å². The van der Waals surface area contributed by atoms with Gasteiger partial charge in [-0.3, -0.25) is 4.79 Å². The molecule has 0 aromatic heterocycles. The van der Waals surface area contributed by atoms with Gasteiger partial charge in [-0.2, -0.15) is 13.2 Å². The van der Waals surface area contributed by atoms with E-state index in [2.05, 4.69) is 0 Å². The van der Waals surface area contributed by atoms with Crippen LogP contribution in [0.3, 0.4) is 0 Å². The highest BCUT2D eigenvalue weighted by atomic mass is 32.2. The van der Waals surface area contributed by atoms with E-state index in [4.69, 9.17) is 5.11 Å². The Morgan fingerprint density at radius 2 is 2.06 bits per heavy atom. The summed E-state index contributed by atoms with van der Waals surface area (Å²) in [6.45, 7) is 0. The molecule has 0 radical (unpaired) electrons. The highest BCUT2D eigenvalue weighted by Crippen LogP contribution is 2.25. The van der Waals surface area contributed by atoms with E-state index in [0.717, 1.165) is 4.90 Å². The van der Waals surface area contributed by atoms with Crippen LogP contribution in [0.25, 0.3) is 0 Å². The average molecular weight is 257 g/mol. The molecule has 0 bridgehead atoms. The molecule has 1 rings (SSSR count). The average Bonchev–Trinajstić information content (AvgIpc) is 2.61. The predicted molar refractivity (Wildman–Crippen MR) is 50.9 cm³/mol. The molecule has 1 aliphatic rings. The number of carbonyl (C=O) groups is 2. The zero-order chi connectivity index (χ0) is 12.3. The molecule has 1 saturated heterocycles. The van der Waals surface area contributed by atoms with Crippen LogP contribution in [0.5, 0.6) is 0 Å². The van der Waals surface area contributed by atoms with Crippen LogP contribution >= 0.6 is 11.8 Å². The molecule has 1 fully saturated rings. The second kappa shape index (κ2) is 4.94. The molecular formula is C8H10F3NO3S. The fourth-order valence-corrected chi connectivity index (χ4v) is 2.46. The van der Waals surface area contributed by atoms with Crippen LogP contribution in [-0.2, 0) is 9.59 Å². The minimum atomic E-state index is -4.39. The van der Waals surface area contributed by atoms with E-state index >= 15 is 0 Å². The summed E-state index contributed by atoms with van der Waals surface area (Å²) in [5.41, 5.74) is 0. The van der Waals surface area contributed by atoms with Crippen molar-refractivity contribution in [3.05, 3.63) is 0 Å². The van der Waals surface area contributed by atoms with Gasteiger partial charge >= 0.3 is 12.1 Å². The van der Waals surface area contributed by atoms with Crippen molar-refractivity contribution in [2.75, 3.05) is 11.6 Å². The Kier molecular flexibility index (Phi) is 4.06. The summed E-state index contributed by atoms with van der Waals surface area (Å²) in [4.78, 5) is 23.0. The Morgan fingerprint density at radius 1 is 1.44 bits per heavy atom. The van der Waals surface area contributed by atoms with E-state index in [9.17, 15) is 22.8 Å². The highest BCUT2D eigenvalue weighted by molar-refractivity contribution is 7.99. The lowest BCUT2D eigenvalue weighted by atomic mass is 10.2. The third-order valence-electron chi connectivity index (χ3n) is 2.11. The number of halogens is 3. The van der Waals surface area contributed by atoms with Gasteiger partial charge in [-0.25, -0.2) is 4.79 Å². The first-order valence-corrected chi connectivity index (χ1v) is 5.63. The lowest BCUT2D eigenvalue weighted by molar-refractivity contribution is -0.153. The highest BCUT2D eigenvalue weighted by Gasteiger charge is 2.36. The van der Waals surface area contributed by atoms with Crippen LogP contribution in [-0.4, -0.2) is 45.7 Å². The van der Waals surface area contributed by atoms with E-state index in [1.54, 1.807) is 0 Å². The van der Waals surface area contributed by atoms with Gasteiger partial charge in [-0.05, 0) is 0 Å². The topological polar surface area (TPSA) is 57.6 Å². The number of carbonyl (C=O) groups excluding carboxylic acids is 1. The second-order valence-electron chi connectivity index (χ2n) is 3.33. The summed E-state index contributed by atoms with van der Waals surface area (Å²) in [7, 11) is 0. The van der Waals surface area contributed by atoms with Gasteiger partial charge in [0.1, 0.15) is 6.04 Å². The number of carboxylic acid groups (broad SMARTS) is 1. The van der Waals surface area contributed by atoms with Crippen LogP contribution in [0.2, 0.25) is 0 Å². The number of thioether (sulfide) groups is 1. The quantitative estimate of drug-likeness (QED) is 0.828. The molecule has 1 aliphatic heterocycles. The van der Waals surface area contributed by atoms with Gasteiger partial charge in [0, 0.05) is 12.2 Å². The number of hydrogen-bond acceptors (Lipinski definition) is 3. The fraction of sp³-hybridized carbons (Fsp3) is 0.750. The standard InChI is InChI=1S/C8H10F3NO3S/c9-8(10,11)2-1-6(13)12-4-16-3-5(12)7(14)15/h5H,1-4H2,(H,14,15). The summed E-state index contributed by atoms with van der Waals surface area (Å²) in [5.74, 6) is -1.55. The largest absolute Gasteiger partial charge is 0.480 e. The molecule has 1 N–H and O–H groups in total. The smallest absolute Gasteiger partial charge is 0.389 e. The number of carboxylic acids is 1. The number of nitrogens with zero attached hydrogens (tertiary/aromatic N) is 1. The van der Waals surface area contributed by atoms with Crippen molar-refractivity contribution >= 4 is 23.6 Å². The molecule has 0 saturated carbocycles. The van der Waals surface area contributed by atoms with Crippen LogP contribution in [0.15, 0.2) is 0 Å². The first-order chi connectivity index (χ1) is 7.31. The van der Waals surface area contributed by atoms with Crippen LogP contribution < -0.4 is 0 Å². The molecule has 16 heavy (non-hydrogen) atoms. The van der Waals surface area contributed by atoms with E-state index in [0.29, 0.717) is 0 Å². The first-order valence-electron chi connectivity index (χ1n) is 4.48. The SMILES string of the molecule is O=C(O)C1CSCN1C(=O)CCC(F)(F)F. The van der Waals surface area contributed by atoms with Crippen LogP contribution in [0.4, 0.5) is 13.2 Å². The Bertz CT molecular complexity index is 295. The minimum absolute atomic E-state index is 0.146. The summed E-state index contributed by atoms with van der Waals surface area (Å²) in [6, 6.07) is -0.995. The molecule has 4 nitrogen and oxygen atoms in total. The maximum absolute atomic E-state index is 11.9. The van der Waals surface area contributed by atoms with Gasteiger partial charge in [0.05, 0.1) is 12.3 Å². The number of alkyl halides is 3. The Balaban J connectivity index is 2.50. The van der Waals surface area contributed by atoms with Crippen molar-refractivity contribution in [2.24, 2.45) is 0 Å². The summed E-state index contributed by atoms with van der Waals surface area (Å²) in [5, 5.41) is 8.73. The third-order valence-corrected chi connectivity index (χ3v) is 3.12. The van der Waals surface area contributed by atoms with E-state index in [-0.39, 0.29) is 11.6 Å². The molecule has 1 unspecified atom stereocenters. The van der Waals surface area contributed by atoms with Gasteiger partial charge in [-0.15, -0.1) is 11.8 Å². The van der Waals surface area contributed by atoms with E-state index in [1.165, 1.54) is 11.8 Å². The number of rotatable bonds is 3. The van der Waals surface area contributed by atoms with Crippen molar-refractivity contribution in [1.82, 2.24) is 4.90 Å². The van der Waals surface area contributed by atoms with Crippen molar-refractivity contribution in [2.45, 2.75) is 25.1 Å². The molecule has 1 atom stereocenters. The van der Waals surface area contributed by atoms with Gasteiger partial charge in [0.2, 0.25) is 5.91 Å². The van der Waals surface area contributed by atoms with Crippen molar-refractivity contribution in [1.29, 1.82) is 0 Å². The molecule has 8 heteroatoms. The van der Waals surface area contributed by atoms with Crippen molar-refractivity contribution in [3.63, 3.8) is 0 Å². The molecule has 1 heterocycles. The van der Waals surface area contributed by atoms with E-state index < -0.39 is 36.9 Å². The Morgan fingerprint density at radius 3 is 2.56 bits per heavy atom.